The fourth-order valence-electron chi connectivity index (χ4n) is 1.54. The van der Waals surface area contributed by atoms with Gasteiger partial charge in [-0.3, -0.25) is 14.6 Å². The molecule has 0 amide bonds. The highest BCUT2D eigenvalue weighted by Crippen LogP contribution is 2.11. The van der Waals surface area contributed by atoms with Crippen LogP contribution in [0.15, 0.2) is 47.8 Å². The van der Waals surface area contributed by atoms with Crippen molar-refractivity contribution >= 4 is 17.4 Å². The van der Waals surface area contributed by atoms with Gasteiger partial charge < -0.3 is 4.90 Å². The average Bonchev–Trinajstić information content (AvgIpc) is 2.45. The number of carbonyl (C=O) groups excluding carboxylic acids is 1. The van der Waals surface area contributed by atoms with Crippen LogP contribution in [0.4, 0.5) is 0 Å². The van der Waals surface area contributed by atoms with E-state index in [9.17, 15) is 9.59 Å². The topological polar surface area (TPSA) is 68.1 Å². The minimum absolute atomic E-state index is 0.157. The molecule has 0 aliphatic carbocycles. The Balaban J connectivity index is 2.42. The first-order valence-corrected chi connectivity index (χ1v) is 6.45. The summed E-state index contributed by atoms with van der Waals surface area (Å²) in [7, 11) is 3.55. The Bertz CT molecular complexity index is 753. The molecule has 0 unspecified atom stereocenters. The summed E-state index contributed by atoms with van der Waals surface area (Å²) in [5.41, 5.74) is -0.0293. The highest BCUT2D eigenvalue weighted by atomic mass is 35.5. The molecule has 6 nitrogen and oxygen atoms in total. The van der Waals surface area contributed by atoms with Gasteiger partial charge in [0.1, 0.15) is 0 Å². The second-order valence-corrected chi connectivity index (χ2v) is 4.91. The highest BCUT2D eigenvalue weighted by molar-refractivity contribution is 6.30. The van der Waals surface area contributed by atoms with Gasteiger partial charge in [-0.25, -0.2) is 4.68 Å². The Hall–Kier alpha value is -2.47. The Morgan fingerprint density at radius 2 is 2.14 bits per heavy atom. The molecular formula is C14H13ClN4O2. The zero-order valence-electron chi connectivity index (χ0n) is 11.5. The summed E-state index contributed by atoms with van der Waals surface area (Å²) in [5, 5.41) is 4.49. The first kappa shape index (κ1) is 14.9. The molecule has 108 valence electrons. The molecule has 0 aromatic carbocycles. The normalized spacial score (nSPS) is 10.8. The zero-order chi connectivity index (χ0) is 15.4. The molecule has 2 aromatic heterocycles. The van der Waals surface area contributed by atoms with Crippen molar-refractivity contribution in [2.24, 2.45) is 0 Å². The van der Waals surface area contributed by atoms with E-state index in [1.807, 2.05) is 0 Å². The molecule has 7 heteroatoms. The quantitative estimate of drug-likeness (QED) is 0.633. The van der Waals surface area contributed by atoms with Gasteiger partial charge in [0.15, 0.2) is 5.69 Å². The molecule has 0 fully saturated rings. The fourth-order valence-corrected chi connectivity index (χ4v) is 1.71. The number of allylic oxidation sites excluding steroid dienone is 1. The number of pyridine rings is 1. The van der Waals surface area contributed by atoms with E-state index in [1.165, 1.54) is 35.4 Å². The van der Waals surface area contributed by atoms with E-state index < -0.39 is 11.2 Å². The Morgan fingerprint density at radius 3 is 2.81 bits per heavy atom. The van der Waals surface area contributed by atoms with Gasteiger partial charge in [0.2, 0.25) is 11.2 Å². The predicted octanol–water partition coefficient (Wildman–Crippen LogP) is 1.54. The van der Waals surface area contributed by atoms with Crippen LogP contribution in [0, 0.1) is 0 Å². The third kappa shape index (κ3) is 3.76. The summed E-state index contributed by atoms with van der Waals surface area (Å²) in [6.07, 6.45) is 7.33. The van der Waals surface area contributed by atoms with Crippen molar-refractivity contribution in [3.05, 3.63) is 63.9 Å². The number of rotatable bonds is 4. The third-order valence-corrected chi connectivity index (χ3v) is 2.73. The van der Waals surface area contributed by atoms with E-state index in [4.69, 9.17) is 11.6 Å². The standard InChI is InChI=1S/C14H13ClN4O2/c1-18(2)5-3-12(20)14-13(21)4-6-19(17-14)11-7-10(15)8-16-9-11/h3-9H,1-2H3/b5-3+. The smallest absolute Gasteiger partial charge is 0.211 e. The second kappa shape index (κ2) is 6.32. The summed E-state index contributed by atoms with van der Waals surface area (Å²) >= 11 is 5.86. The molecule has 0 bridgehead atoms. The summed E-state index contributed by atoms with van der Waals surface area (Å²) < 4.78 is 1.39. The SMILES string of the molecule is CN(C)/C=C/C(=O)c1nn(-c2cncc(Cl)c2)ccc1=O. The lowest BCUT2D eigenvalue weighted by atomic mass is 10.2. The number of halogens is 1. The second-order valence-electron chi connectivity index (χ2n) is 4.48. The van der Waals surface area contributed by atoms with Gasteiger partial charge in [-0.1, -0.05) is 11.6 Å². The van der Waals surface area contributed by atoms with Crippen molar-refractivity contribution in [3.8, 4) is 5.69 Å². The monoisotopic (exact) mass is 304 g/mol. The number of carbonyl (C=O) groups is 1. The predicted molar refractivity (Wildman–Crippen MR) is 79.8 cm³/mol. The van der Waals surface area contributed by atoms with Crippen LogP contribution in [0.2, 0.25) is 5.02 Å². The molecule has 0 N–H and O–H groups in total. The lowest BCUT2D eigenvalue weighted by Crippen LogP contribution is -2.20. The van der Waals surface area contributed by atoms with Crippen molar-refractivity contribution in [1.82, 2.24) is 19.7 Å². The molecule has 0 spiro atoms. The van der Waals surface area contributed by atoms with Crippen LogP contribution < -0.4 is 5.43 Å². The van der Waals surface area contributed by atoms with Gasteiger partial charge in [-0.2, -0.15) is 5.10 Å². The van der Waals surface area contributed by atoms with Crippen molar-refractivity contribution in [2.75, 3.05) is 14.1 Å². The van der Waals surface area contributed by atoms with Crippen LogP contribution in [-0.4, -0.2) is 39.5 Å². The van der Waals surface area contributed by atoms with Crippen LogP contribution in [0.1, 0.15) is 10.5 Å². The van der Waals surface area contributed by atoms with Crippen molar-refractivity contribution < 1.29 is 4.79 Å². The maximum absolute atomic E-state index is 12.0. The summed E-state index contributed by atoms with van der Waals surface area (Å²) in [4.78, 5) is 29.4. The maximum Gasteiger partial charge on any atom is 0.211 e. The number of nitrogens with zero attached hydrogens (tertiary/aromatic N) is 4. The van der Waals surface area contributed by atoms with Crippen LogP contribution in [0.25, 0.3) is 5.69 Å². The molecule has 0 saturated heterocycles. The molecule has 2 heterocycles. The number of hydrogen-bond acceptors (Lipinski definition) is 5. The van der Waals surface area contributed by atoms with Gasteiger partial charge in [0.05, 0.1) is 16.9 Å². The highest BCUT2D eigenvalue weighted by Gasteiger charge is 2.11. The lowest BCUT2D eigenvalue weighted by molar-refractivity contribution is 0.103. The van der Waals surface area contributed by atoms with E-state index in [-0.39, 0.29) is 5.69 Å². The van der Waals surface area contributed by atoms with E-state index in [2.05, 4.69) is 10.1 Å². The van der Waals surface area contributed by atoms with Crippen molar-refractivity contribution in [2.45, 2.75) is 0 Å². The molecule has 2 aromatic rings. The lowest BCUT2D eigenvalue weighted by Gasteiger charge is -2.06. The largest absolute Gasteiger partial charge is 0.383 e. The van der Waals surface area contributed by atoms with Crippen molar-refractivity contribution in [3.63, 3.8) is 0 Å². The summed E-state index contributed by atoms with van der Waals surface area (Å²) in [6.45, 7) is 0. The van der Waals surface area contributed by atoms with Gasteiger partial charge >= 0.3 is 0 Å². The van der Waals surface area contributed by atoms with E-state index >= 15 is 0 Å². The Morgan fingerprint density at radius 1 is 1.38 bits per heavy atom. The minimum Gasteiger partial charge on any atom is -0.383 e. The van der Waals surface area contributed by atoms with Crippen LogP contribution >= 0.6 is 11.6 Å². The van der Waals surface area contributed by atoms with Crippen LogP contribution in [0.3, 0.4) is 0 Å². The van der Waals surface area contributed by atoms with Gasteiger partial charge in [-0.05, 0) is 6.07 Å². The fraction of sp³-hybridized carbons (Fsp3) is 0.143. The molecule has 0 aliphatic rings. The molecule has 0 radical (unpaired) electrons. The summed E-state index contributed by atoms with van der Waals surface area (Å²) in [6, 6.07) is 2.92. The first-order chi connectivity index (χ1) is 9.97. The Kier molecular flexibility index (Phi) is 4.49. The van der Waals surface area contributed by atoms with Gasteiger partial charge in [0, 0.05) is 44.8 Å². The maximum atomic E-state index is 12.0. The molecule has 0 saturated carbocycles. The van der Waals surface area contributed by atoms with Crippen LogP contribution in [0.5, 0.6) is 0 Å². The molecule has 2 rings (SSSR count). The van der Waals surface area contributed by atoms with E-state index in [0.717, 1.165) is 0 Å². The number of ketones is 1. The van der Waals surface area contributed by atoms with Gasteiger partial charge in [0.25, 0.3) is 0 Å². The van der Waals surface area contributed by atoms with Crippen LogP contribution in [-0.2, 0) is 0 Å². The number of aromatic nitrogens is 3. The molecule has 0 atom stereocenters. The molecule has 21 heavy (non-hydrogen) atoms. The molecule has 0 aliphatic heterocycles. The summed E-state index contributed by atoms with van der Waals surface area (Å²) in [5.74, 6) is -0.460. The van der Waals surface area contributed by atoms with E-state index in [0.29, 0.717) is 10.7 Å². The third-order valence-electron chi connectivity index (χ3n) is 2.52. The van der Waals surface area contributed by atoms with Gasteiger partial charge in [-0.15, -0.1) is 0 Å². The minimum atomic E-state index is -0.460. The van der Waals surface area contributed by atoms with Crippen molar-refractivity contribution in [1.29, 1.82) is 0 Å². The molecular weight excluding hydrogens is 292 g/mol. The number of hydrogen-bond donors (Lipinski definition) is 0. The first-order valence-electron chi connectivity index (χ1n) is 6.07. The Labute approximate surface area is 126 Å². The van der Waals surface area contributed by atoms with E-state index in [1.54, 1.807) is 31.3 Å². The zero-order valence-corrected chi connectivity index (χ0v) is 12.3. The average molecular weight is 305 g/mol.